The number of halogens is 1. The second-order valence-electron chi connectivity index (χ2n) is 5.87. The minimum absolute atomic E-state index is 0.156. The zero-order chi connectivity index (χ0) is 18.1. The van der Waals surface area contributed by atoms with Crippen LogP contribution in [0.1, 0.15) is 11.1 Å². The van der Waals surface area contributed by atoms with E-state index < -0.39 is 22.8 Å². The van der Waals surface area contributed by atoms with Crippen LogP contribution in [0.2, 0.25) is 0 Å². The van der Waals surface area contributed by atoms with E-state index in [0.717, 1.165) is 21.8 Å². The number of benzene rings is 2. The summed E-state index contributed by atoms with van der Waals surface area (Å²) in [5, 5.41) is 2.72. The Bertz CT molecular complexity index is 1100. The lowest BCUT2D eigenvalue weighted by atomic mass is 10.1. The quantitative estimate of drug-likeness (QED) is 0.716. The summed E-state index contributed by atoms with van der Waals surface area (Å²) >= 11 is 0. The first-order valence-corrected chi connectivity index (χ1v) is 7.64. The average Bonchev–Trinajstić information content (AvgIpc) is 2.54. The summed E-state index contributed by atoms with van der Waals surface area (Å²) in [6.07, 6.45) is 0. The molecule has 128 valence electrons. The summed E-state index contributed by atoms with van der Waals surface area (Å²) in [6.45, 7) is 3.46. The number of aromatic amines is 1. The molecule has 0 saturated heterocycles. The minimum Gasteiger partial charge on any atom is -0.324 e. The maximum atomic E-state index is 13.3. The molecule has 3 rings (SSSR count). The fourth-order valence-corrected chi connectivity index (χ4v) is 2.70. The molecule has 0 aliphatic heterocycles. The molecule has 1 aromatic heterocycles. The Morgan fingerprint density at radius 2 is 1.92 bits per heavy atom. The molecule has 0 unspecified atom stereocenters. The zero-order valence-corrected chi connectivity index (χ0v) is 13.7. The molecular weight excluding hydrogens is 325 g/mol. The van der Waals surface area contributed by atoms with Crippen LogP contribution in [-0.2, 0) is 11.3 Å². The van der Waals surface area contributed by atoms with Gasteiger partial charge in [0.1, 0.15) is 12.4 Å². The van der Waals surface area contributed by atoms with E-state index in [1.54, 1.807) is 6.07 Å². The Morgan fingerprint density at radius 1 is 1.16 bits per heavy atom. The van der Waals surface area contributed by atoms with E-state index in [9.17, 15) is 18.8 Å². The van der Waals surface area contributed by atoms with E-state index in [1.807, 2.05) is 26.0 Å². The number of anilines is 1. The van der Waals surface area contributed by atoms with Gasteiger partial charge in [-0.15, -0.1) is 0 Å². The molecule has 1 heterocycles. The highest BCUT2D eigenvalue weighted by molar-refractivity contribution is 5.92. The molecule has 0 radical (unpaired) electrons. The van der Waals surface area contributed by atoms with Gasteiger partial charge in [0.05, 0.1) is 11.0 Å². The van der Waals surface area contributed by atoms with Crippen LogP contribution in [0.4, 0.5) is 10.1 Å². The second kappa shape index (κ2) is 6.35. The van der Waals surface area contributed by atoms with Crippen molar-refractivity contribution in [2.75, 3.05) is 5.32 Å². The number of hydrogen-bond acceptors (Lipinski definition) is 3. The first kappa shape index (κ1) is 16.6. The standard InChI is InChI=1S/C18H16FN3O3/c1-10-3-5-13(11(2)7-10)20-16(23)9-22-15-6-4-12(19)8-14(15)21-17(24)18(22)25/h3-8H,9H2,1-2H3,(H,20,23)(H,21,24). The Morgan fingerprint density at radius 3 is 2.64 bits per heavy atom. The summed E-state index contributed by atoms with van der Waals surface area (Å²) in [7, 11) is 0. The van der Waals surface area contributed by atoms with Gasteiger partial charge in [0.25, 0.3) is 0 Å². The lowest BCUT2D eigenvalue weighted by Gasteiger charge is -2.12. The van der Waals surface area contributed by atoms with Crippen molar-refractivity contribution < 1.29 is 9.18 Å². The molecule has 3 aromatic rings. The van der Waals surface area contributed by atoms with Crippen LogP contribution in [-0.4, -0.2) is 15.5 Å². The molecule has 0 saturated carbocycles. The number of carbonyl (C=O) groups is 1. The number of nitrogens with zero attached hydrogens (tertiary/aromatic N) is 1. The number of nitrogens with one attached hydrogen (secondary N) is 2. The monoisotopic (exact) mass is 341 g/mol. The lowest BCUT2D eigenvalue weighted by Crippen LogP contribution is -2.38. The van der Waals surface area contributed by atoms with Gasteiger partial charge < -0.3 is 10.3 Å². The van der Waals surface area contributed by atoms with Crippen LogP contribution in [0.3, 0.4) is 0 Å². The number of amides is 1. The summed E-state index contributed by atoms with van der Waals surface area (Å²) in [6, 6.07) is 9.18. The number of aryl methyl sites for hydroxylation is 2. The predicted octanol–water partition coefficient (Wildman–Crippen LogP) is 2.08. The third-order valence-electron chi connectivity index (χ3n) is 3.89. The van der Waals surface area contributed by atoms with Crippen molar-refractivity contribution in [1.29, 1.82) is 0 Å². The molecular formula is C18H16FN3O3. The number of aromatic nitrogens is 2. The molecule has 0 spiro atoms. The lowest BCUT2D eigenvalue weighted by molar-refractivity contribution is -0.116. The number of carbonyl (C=O) groups excluding carboxylic acids is 1. The largest absolute Gasteiger partial charge is 0.324 e. The molecule has 6 nitrogen and oxygen atoms in total. The van der Waals surface area contributed by atoms with Crippen LogP contribution >= 0.6 is 0 Å². The maximum absolute atomic E-state index is 13.3. The molecule has 0 aliphatic rings. The third kappa shape index (κ3) is 3.35. The SMILES string of the molecule is Cc1ccc(NC(=O)Cn2c(=O)c(=O)[nH]c3cc(F)ccc32)c(C)c1. The van der Waals surface area contributed by atoms with Crippen molar-refractivity contribution in [3.05, 3.63) is 74.0 Å². The summed E-state index contributed by atoms with van der Waals surface area (Å²) < 4.78 is 14.4. The van der Waals surface area contributed by atoms with Crippen molar-refractivity contribution >= 4 is 22.6 Å². The highest BCUT2D eigenvalue weighted by Gasteiger charge is 2.13. The van der Waals surface area contributed by atoms with Crippen molar-refractivity contribution in [2.45, 2.75) is 20.4 Å². The minimum atomic E-state index is -0.905. The summed E-state index contributed by atoms with van der Waals surface area (Å²) in [4.78, 5) is 38.5. The van der Waals surface area contributed by atoms with E-state index in [4.69, 9.17) is 0 Å². The van der Waals surface area contributed by atoms with E-state index >= 15 is 0 Å². The molecule has 7 heteroatoms. The van der Waals surface area contributed by atoms with E-state index in [0.29, 0.717) is 5.69 Å². The number of H-pyrrole nitrogens is 1. The second-order valence-corrected chi connectivity index (χ2v) is 5.87. The van der Waals surface area contributed by atoms with E-state index in [2.05, 4.69) is 10.3 Å². The van der Waals surface area contributed by atoms with Gasteiger partial charge in [0.2, 0.25) is 5.91 Å². The van der Waals surface area contributed by atoms with Crippen molar-refractivity contribution in [3.63, 3.8) is 0 Å². The summed E-state index contributed by atoms with van der Waals surface area (Å²) in [5.41, 5.74) is 1.25. The number of hydrogen-bond donors (Lipinski definition) is 2. The third-order valence-corrected chi connectivity index (χ3v) is 3.89. The first-order chi connectivity index (χ1) is 11.8. The molecule has 0 bridgehead atoms. The van der Waals surface area contributed by atoms with Gasteiger partial charge in [-0.3, -0.25) is 19.0 Å². The number of rotatable bonds is 3. The highest BCUT2D eigenvalue weighted by atomic mass is 19.1. The van der Waals surface area contributed by atoms with Crippen LogP contribution in [0.5, 0.6) is 0 Å². The molecule has 0 aliphatic carbocycles. The maximum Gasteiger partial charge on any atom is 0.317 e. The first-order valence-electron chi connectivity index (χ1n) is 7.64. The zero-order valence-electron chi connectivity index (χ0n) is 13.7. The fourth-order valence-electron chi connectivity index (χ4n) is 2.70. The summed E-state index contributed by atoms with van der Waals surface area (Å²) in [5.74, 6) is -1.00. The number of fused-ring (bicyclic) bond motifs is 1. The van der Waals surface area contributed by atoms with Crippen LogP contribution < -0.4 is 16.4 Å². The molecule has 2 N–H and O–H groups in total. The molecule has 2 aromatic carbocycles. The van der Waals surface area contributed by atoms with Crippen LogP contribution in [0.25, 0.3) is 11.0 Å². The Labute approximate surface area is 141 Å². The molecule has 1 amide bonds. The van der Waals surface area contributed by atoms with Crippen LogP contribution in [0, 0.1) is 19.7 Å². The fraction of sp³-hybridized carbons (Fsp3) is 0.167. The Kier molecular flexibility index (Phi) is 4.22. The Balaban J connectivity index is 1.97. The van der Waals surface area contributed by atoms with Crippen LogP contribution in [0.15, 0.2) is 46.0 Å². The van der Waals surface area contributed by atoms with Gasteiger partial charge in [0, 0.05) is 5.69 Å². The van der Waals surface area contributed by atoms with E-state index in [1.165, 1.54) is 12.1 Å². The normalized spacial score (nSPS) is 10.8. The average molecular weight is 341 g/mol. The van der Waals surface area contributed by atoms with E-state index in [-0.39, 0.29) is 17.6 Å². The van der Waals surface area contributed by atoms with Gasteiger partial charge in [0.15, 0.2) is 0 Å². The smallest absolute Gasteiger partial charge is 0.317 e. The van der Waals surface area contributed by atoms with Gasteiger partial charge in [-0.1, -0.05) is 17.7 Å². The molecule has 0 fully saturated rings. The van der Waals surface area contributed by atoms with Gasteiger partial charge >= 0.3 is 11.1 Å². The van der Waals surface area contributed by atoms with Crippen molar-refractivity contribution in [3.8, 4) is 0 Å². The Hall–Kier alpha value is -3.22. The predicted molar refractivity (Wildman–Crippen MR) is 93.3 cm³/mol. The van der Waals surface area contributed by atoms with Crippen molar-refractivity contribution in [2.24, 2.45) is 0 Å². The van der Waals surface area contributed by atoms with Gasteiger partial charge in [-0.25, -0.2) is 4.39 Å². The molecule has 25 heavy (non-hydrogen) atoms. The van der Waals surface area contributed by atoms with Gasteiger partial charge in [-0.2, -0.15) is 0 Å². The highest BCUT2D eigenvalue weighted by Crippen LogP contribution is 2.16. The van der Waals surface area contributed by atoms with Crippen molar-refractivity contribution in [1.82, 2.24) is 9.55 Å². The topological polar surface area (TPSA) is 84.0 Å². The van der Waals surface area contributed by atoms with Gasteiger partial charge in [-0.05, 0) is 43.7 Å². The molecule has 0 atom stereocenters.